The van der Waals surface area contributed by atoms with E-state index < -0.39 is 0 Å². The molecule has 2 heteroatoms. The van der Waals surface area contributed by atoms with E-state index in [1.165, 1.54) is 37.1 Å². The highest BCUT2D eigenvalue weighted by Crippen LogP contribution is 2.38. The molecule has 0 unspecified atom stereocenters. The summed E-state index contributed by atoms with van der Waals surface area (Å²) >= 11 is 0. The zero-order valence-electron chi connectivity index (χ0n) is 9.04. The smallest absolute Gasteiger partial charge is 0.104 e. The summed E-state index contributed by atoms with van der Waals surface area (Å²) in [6, 6.07) is 8.82. The molecular formula is C13H18NO+. The fourth-order valence-corrected chi connectivity index (χ4v) is 2.97. The molecule has 1 fully saturated rings. The normalized spacial score (nSPS) is 23.7. The van der Waals surface area contributed by atoms with Gasteiger partial charge in [-0.25, -0.2) is 0 Å². The average Bonchev–Trinajstić information content (AvgIpc) is 2.31. The molecule has 0 radical (unpaired) electrons. The molecule has 2 heterocycles. The van der Waals surface area contributed by atoms with E-state index in [0.29, 0.717) is 0 Å². The highest BCUT2D eigenvalue weighted by atomic mass is 16.5. The van der Waals surface area contributed by atoms with Gasteiger partial charge < -0.3 is 10.1 Å². The zero-order valence-corrected chi connectivity index (χ0v) is 9.04. The minimum atomic E-state index is 0.0591. The molecular weight excluding hydrogens is 186 g/mol. The molecule has 0 amide bonds. The standard InChI is InChI=1S/C13H17NO/c1-2-4-12-11(3-1)5-10-15-13(12)6-8-14-9-7-13/h1-4,14H,5-10H2/p+1. The molecule has 2 nitrogen and oxygen atoms in total. The van der Waals surface area contributed by atoms with Gasteiger partial charge in [0.25, 0.3) is 0 Å². The first-order valence-corrected chi connectivity index (χ1v) is 5.95. The minimum absolute atomic E-state index is 0.0591. The minimum Gasteiger partial charge on any atom is -0.369 e. The third-order valence-corrected chi connectivity index (χ3v) is 3.76. The summed E-state index contributed by atoms with van der Waals surface area (Å²) in [7, 11) is 0. The van der Waals surface area contributed by atoms with Gasteiger partial charge in [0, 0.05) is 12.8 Å². The Balaban J connectivity index is 2.04. The van der Waals surface area contributed by atoms with Gasteiger partial charge in [0.05, 0.1) is 19.7 Å². The Kier molecular flexibility index (Phi) is 2.26. The third-order valence-electron chi connectivity index (χ3n) is 3.76. The molecule has 0 aromatic heterocycles. The van der Waals surface area contributed by atoms with Gasteiger partial charge in [-0.1, -0.05) is 24.3 Å². The summed E-state index contributed by atoms with van der Waals surface area (Å²) in [5.74, 6) is 0. The van der Waals surface area contributed by atoms with Crippen molar-refractivity contribution in [1.29, 1.82) is 0 Å². The number of ether oxygens (including phenoxy) is 1. The van der Waals surface area contributed by atoms with E-state index in [1.807, 2.05) is 0 Å². The monoisotopic (exact) mass is 204 g/mol. The maximum absolute atomic E-state index is 6.11. The van der Waals surface area contributed by atoms with Crippen molar-refractivity contribution in [3.8, 4) is 0 Å². The largest absolute Gasteiger partial charge is 0.369 e. The number of hydrogen-bond acceptors (Lipinski definition) is 1. The van der Waals surface area contributed by atoms with E-state index in [9.17, 15) is 0 Å². The first-order valence-electron chi connectivity index (χ1n) is 5.95. The van der Waals surface area contributed by atoms with Crippen LogP contribution >= 0.6 is 0 Å². The summed E-state index contributed by atoms with van der Waals surface area (Å²) in [4.78, 5) is 0. The van der Waals surface area contributed by atoms with Crippen molar-refractivity contribution in [3.63, 3.8) is 0 Å². The van der Waals surface area contributed by atoms with Gasteiger partial charge in [-0.15, -0.1) is 0 Å². The summed E-state index contributed by atoms with van der Waals surface area (Å²) in [6.45, 7) is 3.31. The van der Waals surface area contributed by atoms with Gasteiger partial charge in [0.2, 0.25) is 0 Å². The van der Waals surface area contributed by atoms with Crippen molar-refractivity contribution in [2.24, 2.45) is 0 Å². The summed E-state index contributed by atoms with van der Waals surface area (Å²) < 4.78 is 6.11. The van der Waals surface area contributed by atoms with E-state index >= 15 is 0 Å². The Morgan fingerprint density at radius 1 is 1.13 bits per heavy atom. The summed E-state index contributed by atoms with van der Waals surface area (Å²) in [5, 5.41) is 2.39. The molecule has 0 saturated carbocycles. The van der Waals surface area contributed by atoms with Crippen molar-refractivity contribution >= 4 is 0 Å². The van der Waals surface area contributed by atoms with Crippen LogP contribution in [0.25, 0.3) is 0 Å². The molecule has 2 aliphatic rings. The van der Waals surface area contributed by atoms with Crippen molar-refractivity contribution in [3.05, 3.63) is 35.4 Å². The van der Waals surface area contributed by atoms with Crippen LogP contribution in [0.2, 0.25) is 0 Å². The van der Waals surface area contributed by atoms with Crippen molar-refractivity contribution in [2.45, 2.75) is 24.9 Å². The van der Waals surface area contributed by atoms with Crippen LogP contribution in [0.4, 0.5) is 0 Å². The van der Waals surface area contributed by atoms with Crippen LogP contribution in [0, 0.1) is 0 Å². The molecule has 1 saturated heterocycles. The Bertz CT molecular complexity index is 355. The molecule has 1 aromatic rings. The number of rotatable bonds is 0. The third kappa shape index (κ3) is 1.48. The second-order valence-electron chi connectivity index (χ2n) is 4.62. The lowest BCUT2D eigenvalue weighted by atomic mass is 9.80. The lowest BCUT2D eigenvalue weighted by molar-refractivity contribution is -0.669. The molecule has 80 valence electrons. The van der Waals surface area contributed by atoms with E-state index in [4.69, 9.17) is 4.74 Å². The zero-order chi connectivity index (χ0) is 10.1. The first kappa shape index (κ1) is 9.37. The van der Waals surface area contributed by atoms with E-state index in [0.717, 1.165) is 13.0 Å². The van der Waals surface area contributed by atoms with Crippen LogP contribution in [0.3, 0.4) is 0 Å². The summed E-state index contributed by atoms with van der Waals surface area (Å²) in [5.41, 5.74) is 3.03. The van der Waals surface area contributed by atoms with Gasteiger partial charge in [-0.3, -0.25) is 0 Å². The number of benzene rings is 1. The van der Waals surface area contributed by atoms with Gasteiger partial charge in [-0.05, 0) is 17.5 Å². The maximum atomic E-state index is 6.11. The fraction of sp³-hybridized carbons (Fsp3) is 0.538. The van der Waals surface area contributed by atoms with Crippen LogP contribution < -0.4 is 5.32 Å². The first-order chi connectivity index (χ1) is 7.41. The van der Waals surface area contributed by atoms with Crippen LogP contribution in [0.1, 0.15) is 24.0 Å². The predicted octanol–water partition coefficient (Wildman–Crippen LogP) is 0.812. The fourth-order valence-electron chi connectivity index (χ4n) is 2.97. The topological polar surface area (TPSA) is 25.8 Å². The molecule has 2 N–H and O–H groups in total. The molecule has 0 aliphatic carbocycles. The Morgan fingerprint density at radius 3 is 2.80 bits per heavy atom. The van der Waals surface area contributed by atoms with Crippen molar-refractivity contribution < 1.29 is 10.1 Å². The van der Waals surface area contributed by atoms with Crippen LogP contribution in [0.5, 0.6) is 0 Å². The second kappa shape index (κ2) is 3.62. The highest BCUT2D eigenvalue weighted by Gasteiger charge is 2.40. The molecule has 1 aromatic carbocycles. The van der Waals surface area contributed by atoms with Gasteiger partial charge >= 0.3 is 0 Å². The second-order valence-corrected chi connectivity index (χ2v) is 4.62. The maximum Gasteiger partial charge on any atom is 0.104 e. The molecule has 0 bridgehead atoms. The number of nitrogens with two attached hydrogens (primary N) is 1. The van der Waals surface area contributed by atoms with E-state index in [2.05, 4.69) is 29.6 Å². The average molecular weight is 204 g/mol. The van der Waals surface area contributed by atoms with Crippen LogP contribution in [-0.2, 0) is 16.8 Å². The van der Waals surface area contributed by atoms with Crippen molar-refractivity contribution in [1.82, 2.24) is 0 Å². The number of quaternary nitrogens is 1. The van der Waals surface area contributed by atoms with Gasteiger partial charge in [0.15, 0.2) is 0 Å². The molecule has 2 aliphatic heterocycles. The molecule has 15 heavy (non-hydrogen) atoms. The Morgan fingerprint density at radius 2 is 1.93 bits per heavy atom. The molecule has 0 atom stereocenters. The molecule has 3 rings (SSSR count). The number of piperidine rings is 1. The summed E-state index contributed by atoms with van der Waals surface area (Å²) in [6.07, 6.45) is 3.43. The van der Waals surface area contributed by atoms with Crippen molar-refractivity contribution in [2.75, 3.05) is 19.7 Å². The lowest BCUT2D eigenvalue weighted by Crippen LogP contribution is -2.87. The predicted molar refractivity (Wildman–Crippen MR) is 58.7 cm³/mol. The highest BCUT2D eigenvalue weighted by molar-refractivity contribution is 5.34. The number of fused-ring (bicyclic) bond motifs is 2. The Hall–Kier alpha value is -0.860. The van der Waals surface area contributed by atoms with E-state index in [-0.39, 0.29) is 5.60 Å². The Labute approximate surface area is 90.6 Å². The molecule has 1 spiro atoms. The van der Waals surface area contributed by atoms with E-state index in [1.54, 1.807) is 0 Å². The van der Waals surface area contributed by atoms with Crippen LogP contribution in [0.15, 0.2) is 24.3 Å². The number of hydrogen-bond donors (Lipinski definition) is 1. The SMILES string of the molecule is c1ccc2c(c1)CCOC21CC[NH2+]CC1. The lowest BCUT2D eigenvalue weighted by Gasteiger charge is -2.40. The van der Waals surface area contributed by atoms with Gasteiger partial charge in [-0.2, -0.15) is 0 Å². The van der Waals surface area contributed by atoms with Crippen LogP contribution in [-0.4, -0.2) is 19.7 Å². The van der Waals surface area contributed by atoms with Gasteiger partial charge in [0.1, 0.15) is 5.60 Å². The quantitative estimate of drug-likeness (QED) is 0.665.